The molecule has 0 saturated carbocycles. The summed E-state index contributed by atoms with van der Waals surface area (Å²) in [4.78, 5) is 49.0. The van der Waals surface area contributed by atoms with Gasteiger partial charge in [-0.1, -0.05) is 23.7 Å². The Labute approximate surface area is 175 Å². The molecule has 156 valence electrons. The van der Waals surface area contributed by atoms with Gasteiger partial charge in [-0.15, -0.1) is 0 Å². The van der Waals surface area contributed by atoms with E-state index >= 15 is 0 Å². The number of hydrogen-bond acceptors (Lipinski definition) is 6. The van der Waals surface area contributed by atoms with Gasteiger partial charge >= 0.3 is 6.03 Å². The lowest BCUT2D eigenvalue weighted by Crippen LogP contribution is -2.42. The van der Waals surface area contributed by atoms with Crippen LogP contribution in [-0.4, -0.2) is 41.3 Å². The molecule has 30 heavy (non-hydrogen) atoms. The number of nitrogens with one attached hydrogen (secondary N) is 2. The number of non-ortho nitro benzene ring substituents is 1. The summed E-state index contributed by atoms with van der Waals surface area (Å²) in [6.45, 7) is 0.856. The molecule has 2 N–H and O–H groups in total. The van der Waals surface area contributed by atoms with Crippen molar-refractivity contribution >= 4 is 40.8 Å². The lowest BCUT2D eigenvalue weighted by Gasteiger charge is -2.22. The highest BCUT2D eigenvalue weighted by molar-refractivity contribution is 6.31. The quantitative estimate of drug-likeness (QED) is 0.410. The lowest BCUT2D eigenvalue weighted by molar-refractivity contribution is -0.385. The first-order valence-corrected chi connectivity index (χ1v) is 9.06. The predicted molar refractivity (Wildman–Crippen MR) is 107 cm³/mol. The van der Waals surface area contributed by atoms with Crippen molar-refractivity contribution in [2.45, 2.75) is 12.5 Å². The van der Waals surface area contributed by atoms with Crippen LogP contribution in [0.25, 0.3) is 0 Å². The van der Waals surface area contributed by atoms with Gasteiger partial charge in [-0.05, 0) is 30.7 Å². The van der Waals surface area contributed by atoms with Crippen molar-refractivity contribution in [2.75, 3.05) is 19.0 Å². The van der Waals surface area contributed by atoms with Crippen molar-refractivity contribution in [1.29, 1.82) is 0 Å². The molecule has 0 aromatic heterocycles. The molecule has 2 aromatic carbocycles. The third-order valence-electron chi connectivity index (χ3n) is 4.65. The molecule has 1 unspecified atom stereocenters. The predicted octanol–water partition coefficient (Wildman–Crippen LogP) is 2.66. The number of imide groups is 1. The Bertz CT molecular complexity index is 1060. The molecular formula is C19H17ClN4O6. The Morgan fingerprint density at radius 2 is 2.03 bits per heavy atom. The molecule has 10 nitrogen and oxygen atoms in total. The SMILES string of the molecule is COc1ccc(Cl)cc1NC(=O)CN1C(=O)NC(C)(c2cccc([N+](=O)[O-])c2)C1=O. The van der Waals surface area contributed by atoms with E-state index in [1.54, 1.807) is 12.1 Å². The number of rotatable bonds is 6. The van der Waals surface area contributed by atoms with Gasteiger partial charge in [0.2, 0.25) is 5.91 Å². The number of carbonyl (C=O) groups is 3. The highest BCUT2D eigenvalue weighted by Crippen LogP contribution is 2.31. The average molecular weight is 433 g/mol. The molecule has 0 radical (unpaired) electrons. The zero-order valence-corrected chi connectivity index (χ0v) is 16.7. The zero-order chi connectivity index (χ0) is 22.1. The molecule has 2 aromatic rings. The molecule has 1 aliphatic heterocycles. The summed E-state index contributed by atoms with van der Waals surface area (Å²) in [5, 5.41) is 16.4. The standard InChI is InChI=1S/C19H17ClN4O6/c1-19(11-4-3-5-13(8-11)24(28)29)17(26)23(18(27)22-19)10-16(25)21-14-9-12(20)6-7-15(14)30-2/h3-9H,10H2,1-2H3,(H,21,25)(H,22,27). The van der Waals surface area contributed by atoms with E-state index < -0.39 is 34.9 Å². The van der Waals surface area contributed by atoms with Gasteiger partial charge < -0.3 is 15.4 Å². The zero-order valence-electron chi connectivity index (χ0n) is 16.0. The molecule has 1 saturated heterocycles. The summed E-state index contributed by atoms with van der Waals surface area (Å²) in [5.41, 5.74) is -1.25. The number of nitro groups is 1. The molecule has 11 heteroatoms. The van der Waals surface area contributed by atoms with E-state index in [9.17, 15) is 24.5 Å². The number of halogens is 1. The molecule has 3 rings (SSSR count). The Kier molecular flexibility index (Phi) is 5.61. The van der Waals surface area contributed by atoms with Gasteiger partial charge in [0.05, 0.1) is 17.7 Å². The maximum absolute atomic E-state index is 12.9. The Balaban J connectivity index is 1.80. The molecule has 0 aliphatic carbocycles. The summed E-state index contributed by atoms with van der Waals surface area (Å²) < 4.78 is 5.15. The number of nitrogens with zero attached hydrogens (tertiary/aromatic N) is 2. The van der Waals surface area contributed by atoms with Crippen molar-refractivity contribution in [3.63, 3.8) is 0 Å². The second kappa shape index (κ2) is 7.99. The van der Waals surface area contributed by atoms with Gasteiger partial charge in [0.25, 0.3) is 11.6 Å². The minimum atomic E-state index is -1.54. The maximum Gasteiger partial charge on any atom is 0.325 e. The Hall–Kier alpha value is -3.66. The van der Waals surface area contributed by atoms with Crippen LogP contribution in [0.1, 0.15) is 12.5 Å². The van der Waals surface area contributed by atoms with Crippen molar-refractivity contribution in [3.8, 4) is 5.75 Å². The summed E-state index contributed by atoms with van der Waals surface area (Å²) >= 11 is 5.93. The lowest BCUT2D eigenvalue weighted by atomic mass is 9.91. The molecule has 1 fully saturated rings. The summed E-state index contributed by atoms with van der Waals surface area (Å²) in [5.74, 6) is -1.00. The highest BCUT2D eigenvalue weighted by atomic mass is 35.5. The number of carbonyl (C=O) groups excluding carboxylic acids is 3. The molecule has 4 amide bonds. The fourth-order valence-corrected chi connectivity index (χ4v) is 3.25. The number of nitro benzene ring substituents is 1. The van der Waals surface area contributed by atoms with E-state index in [1.807, 2.05) is 0 Å². The fraction of sp³-hybridized carbons (Fsp3) is 0.211. The average Bonchev–Trinajstić information content (AvgIpc) is 2.92. The molecule has 0 bridgehead atoms. The van der Waals surface area contributed by atoms with Crippen LogP contribution in [0.2, 0.25) is 5.02 Å². The first-order valence-electron chi connectivity index (χ1n) is 8.68. The minimum Gasteiger partial charge on any atom is -0.495 e. The third-order valence-corrected chi connectivity index (χ3v) is 4.88. The topological polar surface area (TPSA) is 131 Å². The normalized spacial score (nSPS) is 18.2. The number of anilines is 1. The van der Waals surface area contributed by atoms with Gasteiger partial charge in [-0.2, -0.15) is 0 Å². The smallest absolute Gasteiger partial charge is 0.325 e. The first kappa shape index (κ1) is 21.1. The van der Waals surface area contributed by atoms with Crippen LogP contribution in [0.3, 0.4) is 0 Å². The number of amides is 4. The summed E-state index contributed by atoms with van der Waals surface area (Å²) in [7, 11) is 1.42. The van der Waals surface area contributed by atoms with Crippen LogP contribution in [0.15, 0.2) is 42.5 Å². The molecule has 1 heterocycles. The monoisotopic (exact) mass is 432 g/mol. The number of benzene rings is 2. The van der Waals surface area contributed by atoms with Crippen LogP contribution in [-0.2, 0) is 15.1 Å². The number of urea groups is 1. The van der Waals surface area contributed by atoms with Gasteiger partial charge in [-0.25, -0.2) is 4.79 Å². The summed E-state index contributed by atoms with van der Waals surface area (Å²) in [6.07, 6.45) is 0. The third kappa shape index (κ3) is 3.90. The van der Waals surface area contributed by atoms with Crippen LogP contribution in [0.4, 0.5) is 16.2 Å². The summed E-state index contributed by atoms with van der Waals surface area (Å²) in [6, 6.07) is 9.21. The maximum atomic E-state index is 12.9. The van der Waals surface area contributed by atoms with Crippen LogP contribution >= 0.6 is 11.6 Å². The van der Waals surface area contributed by atoms with Crippen molar-refractivity contribution in [3.05, 3.63) is 63.2 Å². The first-order chi connectivity index (χ1) is 14.2. The van der Waals surface area contributed by atoms with Crippen LogP contribution in [0, 0.1) is 10.1 Å². The Morgan fingerprint density at radius 3 is 2.70 bits per heavy atom. The van der Waals surface area contributed by atoms with E-state index in [2.05, 4.69) is 10.6 Å². The van der Waals surface area contributed by atoms with E-state index in [4.69, 9.17) is 16.3 Å². The van der Waals surface area contributed by atoms with Gasteiger partial charge in [0.15, 0.2) is 0 Å². The van der Waals surface area contributed by atoms with Crippen LogP contribution in [0.5, 0.6) is 5.75 Å². The molecule has 0 spiro atoms. The number of hydrogen-bond donors (Lipinski definition) is 2. The van der Waals surface area contributed by atoms with Crippen molar-refractivity contribution < 1.29 is 24.0 Å². The van der Waals surface area contributed by atoms with Crippen molar-refractivity contribution in [1.82, 2.24) is 10.2 Å². The van der Waals surface area contributed by atoms with E-state index in [0.29, 0.717) is 10.8 Å². The number of ether oxygens (including phenoxy) is 1. The van der Waals surface area contributed by atoms with Gasteiger partial charge in [-0.3, -0.25) is 24.6 Å². The molecule has 1 aliphatic rings. The largest absolute Gasteiger partial charge is 0.495 e. The van der Waals surface area contributed by atoms with Gasteiger partial charge in [0.1, 0.15) is 17.8 Å². The van der Waals surface area contributed by atoms with E-state index in [0.717, 1.165) is 4.90 Å². The van der Waals surface area contributed by atoms with Crippen LogP contribution < -0.4 is 15.4 Å². The number of methoxy groups -OCH3 is 1. The fourth-order valence-electron chi connectivity index (χ4n) is 3.08. The van der Waals surface area contributed by atoms with Gasteiger partial charge in [0, 0.05) is 17.2 Å². The highest BCUT2D eigenvalue weighted by Gasteiger charge is 2.49. The van der Waals surface area contributed by atoms with E-state index in [1.165, 1.54) is 44.4 Å². The van der Waals surface area contributed by atoms with Crippen molar-refractivity contribution in [2.24, 2.45) is 0 Å². The minimum absolute atomic E-state index is 0.222. The molecule has 1 atom stereocenters. The second-order valence-corrected chi connectivity index (χ2v) is 7.08. The van der Waals surface area contributed by atoms with E-state index in [-0.39, 0.29) is 16.9 Å². The Morgan fingerprint density at radius 1 is 1.30 bits per heavy atom. The molecular weight excluding hydrogens is 416 g/mol. The second-order valence-electron chi connectivity index (χ2n) is 6.65.